The fourth-order valence-corrected chi connectivity index (χ4v) is 5.99. The second-order valence-electron chi connectivity index (χ2n) is 12.7. The van der Waals surface area contributed by atoms with Gasteiger partial charge < -0.3 is 23.1 Å². The Morgan fingerprint density at radius 1 is 1.00 bits per heavy atom. The summed E-state index contributed by atoms with van der Waals surface area (Å²) in [4.78, 5) is 11.3. The molecule has 1 heterocycles. The molecule has 0 aliphatic carbocycles. The van der Waals surface area contributed by atoms with Gasteiger partial charge in [0.1, 0.15) is 0 Å². The van der Waals surface area contributed by atoms with E-state index in [2.05, 4.69) is 79.4 Å². The first-order valence-electron chi connectivity index (χ1n) is 12.7. The maximum Gasteiger partial charge on any atom is 0.330 e. The van der Waals surface area contributed by atoms with Gasteiger partial charge in [0.25, 0.3) is 0 Å². The molecule has 1 aliphatic rings. The molecule has 0 saturated carbocycles. The highest BCUT2D eigenvalue weighted by atomic mass is 28.4. The Balaban J connectivity index is 2.99. The number of allylic oxidation sites excluding steroid dienone is 1. The molecule has 0 N–H and O–H groups in total. The number of carbonyl (C=O) groups is 1. The van der Waals surface area contributed by atoms with Gasteiger partial charge in [-0.25, -0.2) is 4.79 Å². The first kappa shape index (κ1) is 31.5. The lowest BCUT2D eigenvalue weighted by Gasteiger charge is -2.48. The van der Waals surface area contributed by atoms with E-state index in [0.717, 1.165) is 19.3 Å². The minimum Gasteiger partial charge on any atom is -0.466 e. The van der Waals surface area contributed by atoms with Gasteiger partial charge in [-0.05, 0) is 63.0 Å². The van der Waals surface area contributed by atoms with Crippen LogP contribution in [0.3, 0.4) is 0 Å². The van der Waals surface area contributed by atoms with Gasteiger partial charge in [-0.2, -0.15) is 0 Å². The standard InChI is InChI=1S/C26H52O6Si2/c1-19(16-14-15-17-23(27)28-9)29-24-22(32-34(12,13)26(6,7)8)18-21(20(2)30-24)31-33(10,11)25(3,4)5/h15,17,19-22,24H,14,16,18H2,1-13H3/b17-15+/t19-,20+,21?,22?,24-/m1/s1. The highest BCUT2D eigenvalue weighted by molar-refractivity contribution is 6.74. The zero-order chi connectivity index (χ0) is 26.5. The van der Waals surface area contributed by atoms with E-state index in [9.17, 15) is 4.79 Å². The average Bonchev–Trinajstić information content (AvgIpc) is 2.66. The zero-order valence-corrected chi connectivity index (χ0v) is 26.1. The van der Waals surface area contributed by atoms with E-state index in [1.165, 1.54) is 13.2 Å². The summed E-state index contributed by atoms with van der Waals surface area (Å²) in [5, 5.41) is 0.211. The molecule has 1 rings (SSSR count). The van der Waals surface area contributed by atoms with E-state index >= 15 is 0 Å². The number of ether oxygens (including phenoxy) is 3. The molecule has 200 valence electrons. The molecule has 0 aromatic rings. The Morgan fingerprint density at radius 3 is 1.97 bits per heavy atom. The molecule has 0 radical (unpaired) electrons. The normalized spacial score (nSPS) is 26.0. The summed E-state index contributed by atoms with van der Waals surface area (Å²) in [6.07, 6.45) is 4.78. The van der Waals surface area contributed by atoms with Crippen LogP contribution in [0.25, 0.3) is 0 Å². The first-order chi connectivity index (χ1) is 15.3. The van der Waals surface area contributed by atoms with Crippen LogP contribution in [0.1, 0.15) is 74.7 Å². The molecule has 1 aliphatic heterocycles. The van der Waals surface area contributed by atoms with Crippen LogP contribution in [0.4, 0.5) is 0 Å². The van der Waals surface area contributed by atoms with Crippen LogP contribution in [0.5, 0.6) is 0 Å². The minimum absolute atomic E-state index is 0.0196. The molecule has 0 aromatic heterocycles. The molecule has 5 atom stereocenters. The van der Waals surface area contributed by atoms with Crippen LogP contribution in [0, 0.1) is 0 Å². The molecule has 0 spiro atoms. The number of carbonyl (C=O) groups excluding carboxylic acids is 1. The third kappa shape index (κ3) is 9.17. The van der Waals surface area contributed by atoms with E-state index in [4.69, 9.17) is 18.3 Å². The summed E-state index contributed by atoms with van der Waals surface area (Å²) >= 11 is 0. The molecule has 0 amide bonds. The molecule has 6 nitrogen and oxygen atoms in total. The van der Waals surface area contributed by atoms with E-state index in [-0.39, 0.29) is 40.5 Å². The molecule has 2 unspecified atom stereocenters. The van der Waals surface area contributed by atoms with E-state index in [1.807, 2.05) is 13.0 Å². The van der Waals surface area contributed by atoms with E-state index in [0.29, 0.717) is 0 Å². The van der Waals surface area contributed by atoms with Crippen LogP contribution in [-0.2, 0) is 27.9 Å². The summed E-state index contributed by atoms with van der Waals surface area (Å²) in [7, 11) is -2.63. The van der Waals surface area contributed by atoms with Gasteiger partial charge in [-0.3, -0.25) is 0 Å². The van der Waals surface area contributed by atoms with Crippen molar-refractivity contribution in [2.75, 3.05) is 7.11 Å². The smallest absolute Gasteiger partial charge is 0.330 e. The van der Waals surface area contributed by atoms with Gasteiger partial charge >= 0.3 is 5.97 Å². The van der Waals surface area contributed by atoms with Crippen molar-refractivity contribution in [2.45, 2.75) is 142 Å². The van der Waals surface area contributed by atoms with Crippen LogP contribution in [0.2, 0.25) is 36.3 Å². The molecular formula is C26H52O6Si2. The lowest BCUT2D eigenvalue weighted by molar-refractivity contribution is -0.268. The molecule has 1 fully saturated rings. The Morgan fingerprint density at radius 2 is 1.50 bits per heavy atom. The molecule has 8 heteroatoms. The molecule has 0 aromatic carbocycles. The summed E-state index contributed by atoms with van der Waals surface area (Å²) in [6.45, 7) is 26.8. The fraction of sp³-hybridized carbons (Fsp3) is 0.885. The van der Waals surface area contributed by atoms with Crippen molar-refractivity contribution in [3.63, 3.8) is 0 Å². The SMILES string of the molecule is COC(=O)/C=C/CC[C@@H](C)O[C@@H]1O[C@@H](C)C(O[Si](C)(C)C(C)(C)C)CC1O[Si](C)(C)C(C)(C)C. The number of hydrogen-bond donors (Lipinski definition) is 0. The summed E-state index contributed by atoms with van der Waals surface area (Å²) < 4.78 is 31.1. The second kappa shape index (κ2) is 12.1. The number of esters is 1. The monoisotopic (exact) mass is 516 g/mol. The lowest BCUT2D eigenvalue weighted by atomic mass is 10.0. The Hall–Kier alpha value is -0.516. The van der Waals surface area contributed by atoms with E-state index in [1.54, 1.807) is 0 Å². The van der Waals surface area contributed by atoms with Gasteiger partial charge in [0, 0.05) is 12.5 Å². The van der Waals surface area contributed by atoms with Gasteiger partial charge in [0.2, 0.25) is 0 Å². The largest absolute Gasteiger partial charge is 0.466 e. The quantitative estimate of drug-likeness (QED) is 0.180. The molecule has 1 saturated heterocycles. The number of methoxy groups -OCH3 is 1. The molecule has 34 heavy (non-hydrogen) atoms. The van der Waals surface area contributed by atoms with Gasteiger partial charge in [-0.1, -0.05) is 47.6 Å². The minimum atomic E-state index is -2.05. The molecular weight excluding hydrogens is 464 g/mol. The summed E-state index contributed by atoms with van der Waals surface area (Å²) in [6, 6.07) is 0. The Bertz CT molecular complexity index is 678. The number of rotatable bonds is 10. The van der Waals surface area contributed by atoms with Gasteiger partial charge in [-0.15, -0.1) is 0 Å². The summed E-state index contributed by atoms with van der Waals surface area (Å²) in [5.74, 6) is -0.339. The topological polar surface area (TPSA) is 63.2 Å². The first-order valence-corrected chi connectivity index (χ1v) is 18.5. The summed E-state index contributed by atoms with van der Waals surface area (Å²) in [5.41, 5.74) is 0. The number of hydrogen-bond acceptors (Lipinski definition) is 6. The van der Waals surface area contributed by atoms with E-state index < -0.39 is 22.9 Å². The van der Waals surface area contributed by atoms with Crippen molar-refractivity contribution in [1.29, 1.82) is 0 Å². The van der Waals surface area contributed by atoms with Crippen molar-refractivity contribution in [3.8, 4) is 0 Å². The van der Waals surface area contributed by atoms with Crippen molar-refractivity contribution in [3.05, 3.63) is 12.2 Å². The van der Waals surface area contributed by atoms with Crippen molar-refractivity contribution in [2.24, 2.45) is 0 Å². The van der Waals surface area contributed by atoms with Crippen molar-refractivity contribution >= 4 is 22.6 Å². The van der Waals surface area contributed by atoms with Gasteiger partial charge in [0.05, 0.1) is 31.5 Å². The maximum absolute atomic E-state index is 11.3. The second-order valence-corrected chi connectivity index (χ2v) is 22.2. The van der Waals surface area contributed by atoms with Crippen molar-refractivity contribution in [1.82, 2.24) is 0 Å². The van der Waals surface area contributed by atoms with Crippen LogP contribution < -0.4 is 0 Å². The van der Waals surface area contributed by atoms with Gasteiger partial charge in [0.15, 0.2) is 22.9 Å². The fourth-order valence-electron chi connectivity index (χ4n) is 3.27. The highest BCUT2D eigenvalue weighted by Crippen LogP contribution is 2.42. The third-order valence-corrected chi connectivity index (χ3v) is 16.7. The highest BCUT2D eigenvalue weighted by Gasteiger charge is 2.48. The molecule has 0 bridgehead atoms. The Labute approximate surface area is 211 Å². The Kier molecular flexibility index (Phi) is 11.3. The zero-order valence-electron chi connectivity index (χ0n) is 24.1. The average molecular weight is 517 g/mol. The van der Waals surface area contributed by atoms with Crippen molar-refractivity contribution < 1.29 is 27.9 Å². The van der Waals surface area contributed by atoms with Crippen LogP contribution in [0.15, 0.2) is 12.2 Å². The maximum atomic E-state index is 11.3. The van der Waals surface area contributed by atoms with Crippen LogP contribution >= 0.6 is 0 Å². The van der Waals surface area contributed by atoms with Crippen LogP contribution in [-0.4, -0.2) is 60.4 Å². The predicted molar refractivity (Wildman–Crippen MR) is 144 cm³/mol. The predicted octanol–water partition coefficient (Wildman–Crippen LogP) is 6.82. The lowest BCUT2D eigenvalue weighted by Crippen LogP contribution is -2.57. The third-order valence-electron chi connectivity index (χ3n) is 7.71.